The van der Waals surface area contributed by atoms with Crippen LogP contribution in [-0.4, -0.2) is 16.3 Å². The van der Waals surface area contributed by atoms with Crippen LogP contribution in [0.15, 0.2) is 18.5 Å². The highest BCUT2D eigenvalue weighted by Crippen LogP contribution is 2.22. The van der Waals surface area contributed by atoms with Crippen molar-refractivity contribution in [3.63, 3.8) is 0 Å². The number of hydrogen-bond acceptors (Lipinski definition) is 3. The molecule has 2 aromatic rings. The van der Waals surface area contributed by atoms with Crippen LogP contribution in [0, 0.1) is 13.8 Å². The third-order valence-corrected chi connectivity index (χ3v) is 3.99. The first kappa shape index (κ1) is 13.3. The summed E-state index contributed by atoms with van der Waals surface area (Å²) in [4.78, 5) is 2.82. The van der Waals surface area contributed by atoms with E-state index in [1.165, 1.54) is 27.3 Å². The molecule has 2 heterocycles. The topological polar surface area (TPSA) is 29.9 Å². The van der Waals surface area contributed by atoms with Gasteiger partial charge < -0.3 is 5.32 Å². The van der Waals surface area contributed by atoms with E-state index >= 15 is 0 Å². The Morgan fingerprint density at radius 2 is 2.22 bits per heavy atom. The van der Waals surface area contributed by atoms with E-state index in [1.54, 1.807) is 0 Å². The van der Waals surface area contributed by atoms with Crippen molar-refractivity contribution in [3.8, 4) is 0 Å². The fourth-order valence-corrected chi connectivity index (χ4v) is 2.97. The van der Waals surface area contributed by atoms with E-state index in [1.807, 2.05) is 22.2 Å². The molecule has 1 N–H and O–H groups in total. The van der Waals surface area contributed by atoms with Crippen LogP contribution in [-0.2, 0) is 13.1 Å². The lowest BCUT2D eigenvalue weighted by Gasteiger charge is -2.00. The number of nitrogens with zero attached hydrogens (tertiary/aromatic N) is 2. The number of thiophene rings is 1. The second-order valence-corrected chi connectivity index (χ2v) is 6.03. The average Bonchev–Trinajstić information content (AvgIpc) is 2.88. The van der Waals surface area contributed by atoms with Crippen LogP contribution >= 0.6 is 11.3 Å². The molecule has 0 bridgehead atoms. The minimum Gasteiger partial charge on any atom is -0.312 e. The first-order valence-electron chi connectivity index (χ1n) is 6.47. The van der Waals surface area contributed by atoms with Crippen molar-refractivity contribution < 1.29 is 0 Å². The maximum absolute atomic E-state index is 4.34. The number of nitrogens with one attached hydrogen (secondary N) is 1. The molecule has 0 aliphatic heterocycles. The molecular weight excluding hydrogens is 242 g/mol. The molecule has 0 radical (unpaired) electrons. The molecule has 0 spiro atoms. The molecule has 18 heavy (non-hydrogen) atoms. The van der Waals surface area contributed by atoms with Gasteiger partial charge in [0.15, 0.2) is 0 Å². The zero-order valence-electron chi connectivity index (χ0n) is 11.4. The van der Waals surface area contributed by atoms with Crippen LogP contribution < -0.4 is 5.32 Å². The smallest absolute Gasteiger partial charge is 0.0670 e. The van der Waals surface area contributed by atoms with E-state index in [0.29, 0.717) is 0 Å². The van der Waals surface area contributed by atoms with Crippen LogP contribution in [0.3, 0.4) is 0 Å². The molecule has 0 amide bonds. The van der Waals surface area contributed by atoms with Gasteiger partial charge in [0.25, 0.3) is 0 Å². The summed E-state index contributed by atoms with van der Waals surface area (Å²) >= 11 is 1.89. The standard InChI is InChI=1S/C14H21N3S/c1-4-5-15-8-14-6-13(12(3)18-14)10-17-9-11(2)7-16-17/h6-7,9,15H,4-5,8,10H2,1-3H3. The second kappa shape index (κ2) is 6.16. The Morgan fingerprint density at radius 1 is 1.39 bits per heavy atom. The monoisotopic (exact) mass is 263 g/mol. The van der Waals surface area contributed by atoms with Gasteiger partial charge in [-0.2, -0.15) is 5.10 Å². The fraction of sp³-hybridized carbons (Fsp3) is 0.500. The summed E-state index contributed by atoms with van der Waals surface area (Å²) in [6.45, 7) is 9.41. The second-order valence-electron chi connectivity index (χ2n) is 4.69. The van der Waals surface area contributed by atoms with Gasteiger partial charge in [0.1, 0.15) is 0 Å². The van der Waals surface area contributed by atoms with Crippen LogP contribution in [0.4, 0.5) is 0 Å². The first-order chi connectivity index (χ1) is 8.69. The number of hydrogen-bond donors (Lipinski definition) is 1. The number of aryl methyl sites for hydroxylation is 2. The highest BCUT2D eigenvalue weighted by molar-refractivity contribution is 7.12. The van der Waals surface area contributed by atoms with Crippen molar-refractivity contribution in [2.45, 2.75) is 40.3 Å². The van der Waals surface area contributed by atoms with E-state index in [9.17, 15) is 0 Å². The molecule has 0 fully saturated rings. The lowest BCUT2D eigenvalue weighted by atomic mass is 10.2. The van der Waals surface area contributed by atoms with Crippen molar-refractivity contribution in [1.82, 2.24) is 15.1 Å². The van der Waals surface area contributed by atoms with Gasteiger partial charge in [-0.25, -0.2) is 0 Å². The zero-order valence-corrected chi connectivity index (χ0v) is 12.2. The van der Waals surface area contributed by atoms with Crippen molar-refractivity contribution in [3.05, 3.63) is 39.3 Å². The lowest BCUT2D eigenvalue weighted by molar-refractivity contribution is 0.675. The maximum atomic E-state index is 4.34. The fourth-order valence-electron chi connectivity index (χ4n) is 1.95. The molecule has 0 saturated heterocycles. The van der Waals surface area contributed by atoms with E-state index in [0.717, 1.165) is 19.6 Å². The Labute approximate surface area is 113 Å². The van der Waals surface area contributed by atoms with E-state index < -0.39 is 0 Å². The molecule has 0 unspecified atom stereocenters. The minimum absolute atomic E-state index is 0.879. The maximum Gasteiger partial charge on any atom is 0.0670 e. The Morgan fingerprint density at radius 3 is 2.89 bits per heavy atom. The normalized spacial score (nSPS) is 11.1. The SMILES string of the molecule is CCCNCc1cc(Cn2cc(C)cn2)c(C)s1. The quantitative estimate of drug-likeness (QED) is 0.812. The van der Waals surface area contributed by atoms with Crippen molar-refractivity contribution in [2.24, 2.45) is 0 Å². The van der Waals surface area contributed by atoms with Gasteiger partial charge in [0, 0.05) is 22.5 Å². The Balaban J connectivity index is 2.00. The van der Waals surface area contributed by atoms with Gasteiger partial charge in [-0.1, -0.05) is 6.92 Å². The van der Waals surface area contributed by atoms with E-state index in [2.05, 4.69) is 43.4 Å². The Hall–Kier alpha value is -1.13. The molecule has 0 aliphatic rings. The van der Waals surface area contributed by atoms with Crippen molar-refractivity contribution in [1.29, 1.82) is 0 Å². The lowest BCUT2D eigenvalue weighted by Crippen LogP contribution is -2.12. The van der Waals surface area contributed by atoms with Gasteiger partial charge in [0.2, 0.25) is 0 Å². The summed E-state index contributed by atoms with van der Waals surface area (Å²) in [6.07, 6.45) is 5.18. The predicted molar refractivity (Wildman–Crippen MR) is 77.1 cm³/mol. The van der Waals surface area contributed by atoms with Crippen LogP contribution in [0.25, 0.3) is 0 Å². The number of rotatable bonds is 6. The summed E-state index contributed by atoms with van der Waals surface area (Å²) in [5.41, 5.74) is 2.60. The largest absolute Gasteiger partial charge is 0.312 e. The molecule has 2 aromatic heterocycles. The molecule has 0 atom stereocenters. The van der Waals surface area contributed by atoms with Crippen LogP contribution in [0.2, 0.25) is 0 Å². The summed E-state index contributed by atoms with van der Waals surface area (Å²) in [6, 6.07) is 2.31. The molecule has 2 rings (SSSR count). The van der Waals surface area contributed by atoms with Gasteiger partial charge in [-0.15, -0.1) is 11.3 Å². The van der Waals surface area contributed by atoms with E-state index in [-0.39, 0.29) is 0 Å². The Bertz CT molecular complexity index is 499. The van der Waals surface area contributed by atoms with E-state index in [4.69, 9.17) is 0 Å². The third-order valence-electron chi connectivity index (χ3n) is 2.89. The van der Waals surface area contributed by atoms with Gasteiger partial charge in [-0.05, 0) is 44.0 Å². The first-order valence-corrected chi connectivity index (χ1v) is 7.28. The third kappa shape index (κ3) is 3.43. The highest BCUT2D eigenvalue weighted by Gasteiger charge is 2.06. The summed E-state index contributed by atoms with van der Waals surface area (Å²) in [5, 5.41) is 7.79. The average molecular weight is 263 g/mol. The molecule has 0 aliphatic carbocycles. The summed E-state index contributed by atoms with van der Waals surface area (Å²) in [5.74, 6) is 0. The molecule has 3 nitrogen and oxygen atoms in total. The Kier molecular flexibility index (Phi) is 4.55. The zero-order chi connectivity index (χ0) is 13.0. The number of aromatic nitrogens is 2. The molecule has 0 aromatic carbocycles. The van der Waals surface area contributed by atoms with Gasteiger partial charge in [0.05, 0.1) is 12.7 Å². The minimum atomic E-state index is 0.879. The summed E-state index contributed by atoms with van der Waals surface area (Å²) in [7, 11) is 0. The molecule has 4 heteroatoms. The predicted octanol–water partition coefficient (Wildman–Crippen LogP) is 3.11. The molecule has 0 saturated carbocycles. The molecule has 98 valence electrons. The van der Waals surface area contributed by atoms with Crippen LogP contribution in [0.1, 0.15) is 34.2 Å². The van der Waals surface area contributed by atoms with Crippen LogP contribution in [0.5, 0.6) is 0 Å². The van der Waals surface area contributed by atoms with Crippen molar-refractivity contribution >= 4 is 11.3 Å². The highest BCUT2D eigenvalue weighted by atomic mass is 32.1. The van der Waals surface area contributed by atoms with Gasteiger partial charge in [-0.3, -0.25) is 4.68 Å². The summed E-state index contributed by atoms with van der Waals surface area (Å²) < 4.78 is 2.01. The van der Waals surface area contributed by atoms with Gasteiger partial charge >= 0.3 is 0 Å². The van der Waals surface area contributed by atoms with Crippen molar-refractivity contribution in [2.75, 3.05) is 6.54 Å². The molecular formula is C14H21N3S.